The standard InChI is InChI=1S/C7H13F3N2O2/c1-5(3-13)12-6(14)2-11-4-7(8,9)10/h5,11,13H,2-4H2,1H3,(H,12,14)/t5-/m0/s1. The number of rotatable bonds is 5. The van der Waals surface area contributed by atoms with Gasteiger partial charge >= 0.3 is 6.18 Å². The van der Waals surface area contributed by atoms with Gasteiger partial charge in [0.15, 0.2) is 0 Å². The van der Waals surface area contributed by atoms with Gasteiger partial charge in [-0.1, -0.05) is 0 Å². The van der Waals surface area contributed by atoms with Gasteiger partial charge < -0.3 is 15.7 Å². The summed E-state index contributed by atoms with van der Waals surface area (Å²) in [5, 5.41) is 12.8. The molecule has 0 fully saturated rings. The highest BCUT2D eigenvalue weighted by atomic mass is 19.4. The lowest BCUT2D eigenvalue weighted by molar-refractivity contribution is -0.128. The number of hydrogen-bond acceptors (Lipinski definition) is 3. The van der Waals surface area contributed by atoms with Gasteiger partial charge in [-0.25, -0.2) is 0 Å². The van der Waals surface area contributed by atoms with Crippen LogP contribution in [0.25, 0.3) is 0 Å². The van der Waals surface area contributed by atoms with Crippen LogP contribution in [0.15, 0.2) is 0 Å². The summed E-state index contributed by atoms with van der Waals surface area (Å²) in [6.45, 7) is -0.315. The van der Waals surface area contributed by atoms with Crippen LogP contribution in [0.4, 0.5) is 13.2 Å². The Bertz CT molecular complexity index is 184. The zero-order chi connectivity index (χ0) is 11.2. The van der Waals surface area contributed by atoms with Crippen LogP contribution < -0.4 is 10.6 Å². The molecule has 84 valence electrons. The van der Waals surface area contributed by atoms with Crippen LogP contribution in [0.2, 0.25) is 0 Å². The first kappa shape index (κ1) is 13.2. The fraction of sp³-hybridized carbons (Fsp3) is 0.857. The monoisotopic (exact) mass is 214 g/mol. The molecule has 0 aliphatic heterocycles. The molecular formula is C7H13F3N2O2. The maximum absolute atomic E-state index is 11.6. The Balaban J connectivity index is 3.55. The third-order valence-corrected chi connectivity index (χ3v) is 1.29. The average Bonchev–Trinajstić information content (AvgIpc) is 2.01. The number of aliphatic hydroxyl groups excluding tert-OH is 1. The van der Waals surface area contributed by atoms with Crippen molar-refractivity contribution < 1.29 is 23.1 Å². The maximum atomic E-state index is 11.6. The van der Waals surface area contributed by atoms with E-state index in [1.807, 2.05) is 5.32 Å². The third kappa shape index (κ3) is 7.81. The van der Waals surface area contributed by atoms with Crippen molar-refractivity contribution in [2.24, 2.45) is 0 Å². The summed E-state index contributed by atoms with van der Waals surface area (Å²) in [6.07, 6.45) is -4.32. The number of nitrogens with one attached hydrogen (secondary N) is 2. The number of carbonyl (C=O) groups excluding carboxylic acids is 1. The molecule has 0 bridgehead atoms. The number of carbonyl (C=O) groups is 1. The summed E-state index contributed by atoms with van der Waals surface area (Å²) < 4.78 is 34.8. The summed E-state index contributed by atoms with van der Waals surface area (Å²) >= 11 is 0. The van der Waals surface area contributed by atoms with Crippen LogP contribution in [0.3, 0.4) is 0 Å². The Morgan fingerprint density at radius 2 is 2.07 bits per heavy atom. The van der Waals surface area contributed by atoms with Gasteiger partial charge in [-0.15, -0.1) is 0 Å². The summed E-state index contributed by atoms with van der Waals surface area (Å²) in [4.78, 5) is 10.8. The zero-order valence-corrected chi connectivity index (χ0v) is 7.69. The molecule has 4 nitrogen and oxygen atoms in total. The van der Waals surface area contributed by atoms with E-state index in [2.05, 4.69) is 5.32 Å². The van der Waals surface area contributed by atoms with Gasteiger partial charge in [-0.2, -0.15) is 13.2 Å². The predicted molar refractivity (Wildman–Crippen MR) is 43.6 cm³/mol. The zero-order valence-electron chi connectivity index (χ0n) is 7.69. The van der Waals surface area contributed by atoms with Crippen LogP contribution in [0, 0.1) is 0 Å². The van der Waals surface area contributed by atoms with E-state index >= 15 is 0 Å². The van der Waals surface area contributed by atoms with Crippen LogP contribution in [-0.4, -0.2) is 42.9 Å². The molecule has 7 heteroatoms. The van der Waals surface area contributed by atoms with E-state index in [9.17, 15) is 18.0 Å². The number of hydrogen-bond donors (Lipinski definition) is 3. The molecule has 0 saturated heterocycles. The SMILES string of the molecule is C[C@@H](CO)NC(=O)CNCC(F)(F)F. The molecule has 1 amide bonds. The summed E-state index contributed by atoms with van der Waals surface area (Å²) in [5.74, 6) is -0.573. The highest BCUT2D eigenvalue weighted by molar-refractivity contribution is 5.78. The molecule has 14 heavy (non-hydrogen) atoms. The van der Waals surface area contributed by atoms with E-state index in [1.54, 1.807) is 6.92 Å². The lowest BCUT2D eigenvalue weighted by atomic mass is 10.3. The predicted octanol–water partition coefficient (Wildman–Crippen LogP) is -0.365. The van der Waals surface area contributed by atoms with Gasteiger partial charge in [-0.3, -0.25) is 4.79 Å². The van der Waals surface area contributed by atoms with E-state index in [0.717, 1.165) is 0 Å². The van der Waals surface area contributed by atoms with Crippen molar-refractivity contribution in [2.75, 3.05) is 19.7 Å². The highest BCUT2D eigenvalue weighted by Crippen LogP contribution is 2.11. The molecule has 0 heterocycles. The normalized spacial score (nSPS) is 13.8. The van der Waals surface area contributed by atoms with Crippen LogP contribution in [-0.2, 0) is 4.79 Å². The van der Waals surface area contributed by atoms with Crippen molar-refractivity contribution in [3.63, 3.8) is 0 Å². The number of amides is 1. The summed E-state index contributed by atoms with van der Waals surface area (Å²) in [7, 11) is 0. The Morgan fingerprint density at radius 3 is 2.50 bits per heavy atom. The van der Waals surface area contributed by atoms with Crippen molar-refractivity contribution in [1.29, 1.82) is 0 Å². The van der Waals surface area contributed by atoms with Crippen molar-refractivity contribution in [2.45, 2.75) is 19.1 Å². The molecule has 0 radical (unpaired) electrons. The lowest BCUT2D eigenvalue weighted by Gasteiger charge is -2.11. The van der Waals surface area contributed by atoms with Crippen molar-refractivity contribution >= 4 is 5.91 Å². The lowest BCUT2D eigenvalue weighted by Crippen LogP contribution is -2.42. The quantitative estimate of drug-likeness (QED) is 0.585. The molecule has 0 unspecified atom stereocenters. The topological polar surface area (TPSA) is 61.4 Å². The number of alkyl halides is 3. The summed E-state index contributed by atoms with van der Waals surface area (Å²) in [6, 6.07) is -0.449. The molecule has 0 rings (SSSR count). The smallest absolute Gasteiger partial charge is 0.394 e. The molecule has 0 aromatic heterocycles. The van der Waals surface area contributed by atoms with Gasteiger partial charge in [-0.05, 0) is 6.92 Å². The van der Waals surface area contributed by atoms with E-state index < -0.39 is 31.2 Å². The fourth-order valence-corrected chi connectivity index (χ4v) is 0.689. The highest BCUT2D eigenvalue weighted by Gasteiger charge is 2.26. The molecule has 0 aliphatic carbocycles. The van der Waals surface area contributed by atoms with Gasteiger partial charge in [0.1, 0.15) is 0 Å². The Hall–Kier alpha value is -0.820. The number of halogens is 3. The van der Waals surface area contributed by atoms with E-state index in [1.165, 1.54) is 0 Å². The molecule has 3 N–H and O–H groups in total. The Kier molecular flexibility index (Phi) is 5.47. The second kappa shape index (κ2) is 5.82. The Morgan fingerprint density at radius 1 is 1.50 bits per heavy atom. The third-order valence-electron chi connectivity index (χ3n) is 1.29. The second-order valence-electron chi connectivity index (χ2n) is 2.87. The largest absolute Gasteiger partial charge is 0.401 e. The van der Waals surface area contributed by atoms with E-state index in [-0.39, 0.29) is 6.61 Å². The molecular weight excluding hydrogens is 201 g/mol. The molecule has 0 aliphatic rings. The van der Waals surface area contributed by atoms with Crippen LogP contribution >= 0.6 is 0 Å². The second-order valence-corrected chi connectivity index (χ2v) is 2.87. The van der Waals surface area contributed by atoms with Gasteiger partial charge in [0, 0.05) is 6.04 Å². The van der Waals surface area contributed by atoms with E-state index in [4.69, 9.17) is 5.11 Å². The molecule has 1 atom stereocenters. The minimum atomic E-state index is -4.32. The first-order valence-corrected chi connectivity index (χ1v) is 4.03. The minimum absolute atomic E-state index is 0.245. The molecule has 0 saturated carbocycles. The van der Waals surface area contributed by atoms with Gasteiger partial charge in [0.25, 0.3) is 0 Å². The van der Waals surface area contributed by atoms with Crippen molar-refractivity contribution in [3.05, 3.63) is 0 Å². The molecule has 0 spiro atoms. The minimum Gasteiger partial charge on any atom is -0.394 e. The van der Waals surface area contributed by atoms with Crippen LogP contribution in [0.1, 0.15) is 6.92 Å². The Labute approximate surface area is 79.5 Å². The number of aliphatic hydroxyl groups is 1. The van der Waals surface area contributed by atoms with Crippen LogP contribution in [0.5, 0.6) is 0 Å². The van der Waals surface area contributed by atoms with Gasteiger partial charge in [0.2, 0.25) is 5.91 Å². The summed E-state index contributed by atoms with van der Waals surface area (Å²) in [5.41, 5.74) is 0. The molecule has 0 aromatic carbocycles. The average molecular weight is 214 g/mol. The maximum Gasteiger partial charge on any atom is 0.401 e. The fourth-order valence-electron chi connectivity index (χ4n) is 0.689. The van der Waals surface area contributed by atoms with Crippen molar-refractivity contribution in [1.82, 2.24) is 10.6 Å². The first-order chi connectivity index (χ1) is 6.35. The molecule has 0 aromatic rings. The first-order valence-electron chi connectivity index (χ1n) is 4.03. The van der Waals surface area contributed by atoms with E-state index in [0.29, 0.717) is 0 Å². The van der Waals surface area contributed by atoms with Gasteiger partial charge in [0.05, 0.1) is 19.7 Å². The van der Waals surface area contributed by atoms with Crippen molar-refractivity contribution in [3.8, 4) is 0 Å².